The van der Waals surface area contributed by atoms with E-state index < -0.39 is 0 Å². The van der Waals surface area contributed by atoms with Crippen molar-refractivity contribution in [2.75, 3.05) is 6.61 Å². The number of hydrogen-bond acceptors (Lipinski definition) is 4. The first-order valence-corrected chi connectivity index (χ1v) is 8.91. The van der Waals surface area contributed by atoms with Crippen LogP contribution < -0.4 is 10.3 Å². The molecule has 0 aliphatic rings. The van der Waals surface area contributed by atoms with E-state index in [1.165, 1.54) is 0 Å². The number of ether oxygens (including phenoxy) is 1. The van der Waals surface area contributed by atoms with Crippen LogP contribution in [0.2, 0.25) is 0 Å². The lowest BCUT2D eigenvalue weighted by Gasteiger charge is -2.26. The zero-order chi connectivity index (χ0) is 19.4. The summed E-state index contributed by atoms with van der Waals surface area (Å²) in [6, 6.07) is 14.6. The van der Waals surface area contributed by atoms with Crippen molar-refractivity contribution in [1.29, 1.82) is 0 Å². The molecule has 1 heterocycles. The number of fused-ring (bicyclic) bond motifs is 1. The number of benzene rings is 2. The standard InChI is InChI=1S/C21H23N3O3/c1-14(2)24(20(25)13-27-16-8-6-7-15(3)11-16)12-19-22-18-10-5-4-9-17(18)21(26)23-19/h4-11,14H,12-13H2,1-3H3,(H,22,23,26). The number of aromatic amines is 1. The molecule has 0 unspecified atom stereocenters. The summed E-state index contributed by atoms with van der Waals surface area (Å²) in [6.45, 7) is 5.96. The Hall–Kier alpha value is -3.15. The Bertz CT molecular complexity index is 1010. The number of aryl methyl sites for hydroxylation is 1. The van der Waals surface area contributed by atoms with Gasteiger partial charge in [-0.3, -0.25) is 9.59 Å². The molecule has 0 aliphatic heterocycles. The van der Waals surface area contributed by atoms with Crippen LogP contribution in [0.4, 0.5) is 0 Å². The van der Waals surface area contributed by atoms with Crippen molar-refractivity contribution < 1.29 is 9.53 Å². The molecule has 0 radical (unpaired) electrons. The Morgan fingerprint density at radius 3 is 2.70 bits per heavy atom. The molecule has 1 amide bonds. The Labute approximate surface area is 157 Å². The predicted molar refractivity (Wildman–Crippen MR) is 105 cm³/mol. The lowest BCUT2D eigenvalue weighted by molar-refractivity contribution is -0.135. The van der Waals surface area contributed by atoms with Gasteiger partial charge in [0.05, 0.1) is 17.4 Å². The van der Waals surface area contributed by atoms with Gasteiger partial charge in [0.25, 0.3) is 11.5 Å². The van der Waals surface area contributed by atoms with Crippen molar-refractivity contribution in [3.63, 3.8) is 0 Å². The zero-order valence-electron chi connectivity index (χ0n) is 15.7. The van der Waals surface area contributed by atoms with Crippen molar-refractivity contribution in [2.24, 2.45) is 0 Å². The average Bonchev–Trinajstić information content (AvgIpc) is 2.64. The number of para-hydroxylation sites is 1. The fourth-order valence-electron chi connectivity index (χ4n) is 2.86. The smallest absolute Gasteiger partial charge is 0.261 e. The predicted octanol–water partition coefficient (Wildman–Crippen LogP) is 3.05. The maximum atomic E-state index is 12.7. The first kappa shape index (κ1) is 18.6. The third kappa shape index (κ3) is 4.53. The zero-order valence-corrected chi connectivity index (χ0v) is 15.7. The van der Waals surface area contributed by atoms with Crippen molar-refractivity contribution >= 4 is 16.8 Å². The lowest BCUT2D eigenvalue weighted by atomic mass is 10.2. The molecule has 0 saturated carbocycles. The molecule has 2 aromatic carbocycles. The largest absolute Gasteiger partial charge is 0.484 e. The molecule has 6 nitrogen and oxygen atoms in total. The van der Waals surface area contributed by atoms with E-state index in [9.17, 15) is 9.59 Å². The highest BCUT2D eigenvalue weighted by atomic mass is 16.5. The van der Waals surface area contributed by atoms with Crippen LogP contribution >= 0.6 is 0 Å². The van der Waals surface area contributed by atoms with Crippen LogP contribution in [0.3, 0.4) is 0 Å². The third-order valence-electron chi connectivity index (χ3n) is 4.28. The molecule has 0 bridgehead atoms. The van der Waals surface area contributed by atoms with E-state index in [4.69, 9.17) is 4.74 Å². The number of nitrogens with one attached hydrogen (secondary N) is 1. The summed E-state index contributed by atoms with van der Waals surface area (Å²) < 4.78 is 5.63. The summed E-state index contributed by atoms with van der Waals surface area (Å²) in [5.41, 5.74) is 1.48. The van der Waals surface area contributed by atoms with Gasteiger partial charge >= 0.3 is 0 Å². The van der Waals surface area contributed by atoms with E-state index in [0.29, 0.717) is 22.5 Å². The second kappa shape index (κ2) is 8.03. The molecule has 0 saturated heterocycles. The molecule has 140 valence electrons. The Balaban J connectivity index is 1.75. The fourth-order valence-corrected chi connectivity index (χ4v) is 2.86. The first-order valence-electron chi connectivity index (χ1n) is 8.91. The van der Waals surface area contributed by atoms with Crippen LogP contribution in [0.5, 0.6) is 5.75 Å². The number of carbonyl (C=O) groups is 1. The first-order chi connectivity index (χ1) is 12.9. The maximum absolute atomic E-state index is 12.7. The van der Waals surface area contributed by atoms with Gasteiger partial charge in [0.15, 0.2) is 6.61 Å². The monoisotopic (exact) mass is 365 g/mol. The van der Waals surface area contributed by atoms with E-state index in [0.717, 1.165) is 5.56 Å². The Morgan fingerprint density at radius 2 is 1.96 bits per heavy atom. The van der Waals surface area contributed by atoms with Gasteiger partial charge in [-0.2, -0.15) is 0 Å². The number of rotatable bonds is 6. The van der Waals surface area contributed by atoms with Gasteiger partial charge < -0.3 is 14.6 Å². The topological polar surface area (TPSA) is 75.3 Å². The minimum absolute atomic E-state index is 0.0598. The molecule has 0 spiro atoms. The fraction of sp³-hybridized carbons (Fsp3) is 0.286. The molecule has 1 aromatic heterocycles. The van der Waals surface area contributed by atoms with Crippen molar-refractivity contribution in [1.82, 2.24) is 14.9 Å². The van der Waals surface area contributed by atoms with Crippen molar-refractivity contribution in [3.8, 4) is 5.75 Å². The average molecular weight is 365 g/mol. The summed E-state index contributed by atoms with van der Waals surface area (Å²) in [6.07, 6.45) is 0. The second-order valence-electron chi connectivity index (χ2n) is 6.75. The molecule has 1 N–H and O–H groups in total. The quantitative estimate of drug-likeness (QED) is 0.728. The minimum atomic E-state index is -0.206. The molecule has 0 aliphatic carbocycles. The minimum Gasteiger partial charge on any atom is -0.484 e. The van der Waals surface area contributed by atoms with E-state index >= 15 is 0 Å². The highest BCUT2D eigenvalue weighted by molar-refractivity contribution is 5.79. The van der Waals surface area contributed by atoms with Gasteiger partial charge in [0.1, 0.15) is 11.6 Å². The van der Waals surface area contributed by atoms with Crippen LogP contribution in [0, 0.1) is 6.92 Å². The highest BCUT2D eigenvalue weighted by Crippen LogP contribution is 2.14. The molecule has 3 rings (SSSR count). The normalized spacial score (nSPS) is 11.0. The molecule has 3 aromatic rings. The van der Waals surface area contributed by atoms with E-state index in [-0.39, 0.29) is 30.7 Å². The van der Waals surface area contributed by atoms with Crippen molar-refractivity contribution in [2.45, 2.75) is 33.4 Å². The lowest BCUT2D eigenvalue weighted by Crippen LogP contribution is -2.40. The van der Waals surface area contributed by atoms with E-state index in [1.54, 1.807) is 23.1 Å². The number of carbonyl (C=O) groups excluding carboxylic acids is 1. The molecular formula is C21H23N3O3. The number of amides is 1. The van der Waals surface area contributed by atoms with Gasteiger partial charge in [-0.1, -0.05) is 24.3 Å². The highest BCUT2D eigenvalue weighted by Gasteiger charge is 2.19. The number of aromatic nitrogens is 2. The van der Waals surface area contributed by atoms with Gasteiger partial charge in [0.2, 0.25) is 0 Å². The van der Waals surface area contributed by atoms with Gasteiger partial charge in [0, 0.05) is 6.04 Å². The van der Waals surface area contributed by atoms with E-state index in [1.807, 2.05) is 51.1 Å². The Morgan fingerprint density at radius 1 is 1.19 bits per heavy atom. The third-order valence-corrected chi connectivity index (χ3v) is 4.28. The van der Waals surface area contributed by atoms with Crippen LogP contribution in [0.25, 0.3) is 10.9 Å². The van der Waals surface area contributed by atoms with Gasteiger partial charge in [-0.05, 0) is 50.6 Å². The molecule has 6 heteroatoms. The van der Waals surface area contributed by atoms with Crippen molar-refractivity contribution in [3.05, 3.63) is 70.3 Å². The molecule has 0 atom stereocenters. The van der Waals surface area contributed by atoms with Crippen LogP contribution in [0.15, 0.2) is 53.3 Å². The van der Waals surface area contributed by atoms with Gasteiger partial charge in [-0.15, -0.1) is 0 Å². The summed E-state index contributed by atoms with van der Waals surface area (Å²) in [5, 5.41) is 0.534. The summed E-state index contributed by atoms with van der Waals surface area (Å²) in [5.74, 6) is 0.947. The number of hydrogen-bond donors (Lipinski definition) is 1. The summed E-state index contributed by atoms with van der Waals surface area (Å²) in [7, 11) is 0. The van der Waals surface area contributed by atoms with Crippen LogP contribution in [-0.2, 0) is 11.3 Å². The molecule has 0 fully saturated rings. The Kier molecular flexibility index (Phi) is 5.54. The summed E-state index contributed by atoms with van der Waals surface area (Å²) in [4.78, 5) is 33.8. The summed E-state index contributed by atoms with van der Waals surface area (Å²) >= 11 is 0. The SMILES string of the molecule is Cc1cccc(OCC(=O)N(Cc2nc3ccccc3c(=O)[nH]2)C(C)C)c1. The van der Waals surface area contributed by atoms with Gasteiger partial charge in [-0.25, -0.2) is 4.98 Å². The number of H-pyrrole nitrogens is 1. The second-order valence-corrected chi connectivity index (χ2v) is 6.75. The number of nitrogens with zero attached hydrogens (tertiary/aromatic N) is 2. The molecular weight excluding hydrogens is 342 g/mol. The van der Waals surface area contributed by atoms with E-state index in [2.05, 4.69) is 9.97 Å². The van der Waals surface area contributed by atoms with Crippen LogP contribution in [0.1, 0.15) is 25.2 Å². The van der Waals surface area contributed by atoms with Crippen LogP contribution in [-0.4, -0.2) is 33.4 Å². The molecule has 27 heavy (non-hydrogen) atoms. The maximum Gasteiger partial charge on any atom is 0.261 e.